The summed E-state index contributed by atoms with van der Waals surface area (Å²) in [7, 11) is 0. The molecule has 0 bridgehead atoms. The van der Waals surface area contributed by atoms with Crippen molar-refractivity contribution in [3.05, 3.63) is 35.4 Å². The number of nitrogens with zero attached hydrogens (tertiary/aromatic N) is 2. The first-order chi connectivity index (χ1) is 8.77. The Balaban J connectivity index is 1.98. The van der Waals surface area contributed by atoms with Gasteiger partial charge in [0.25, 0.3) is 0 Å². The number of fused-ring (bicyclic) bond motifs is 1. The molecule has 18 heavy (non-hydrogen) atoms. The predicted molar refractivity (Wildman–Crippen MR) is 71.7 cm³/mol. The maximum Gasteiger partial charge on any atom is 0.0995 e. The molecule has 1 saturated carbocycles. The van der Waals surface area contributed by atoms with Crippen LogP contribution < -0.4 is 0 Å². The fourth-order valence-electron chi connectivity index (χ4n) is 2.93. The lowest BCUT2D eigenvalue weighted by atomic mass is 9.84. The molecule has 4 heteroatoms. The third-order valence-electron chi connectivity index (χ3n) is 3.96. The van der Waals surface area contributed by atoms with Gasteiger partial charge in [0.2, 0.25) is 0 Å². The van der Waals surface area contributed by atoms with Crippen molar-refractivity contribution in [2.75, 3.05) is 0 Å². The van der Waals surface area contributed by atoms with Crippen LogP contribution >= 0.6 is 11.6 Å². The van der Waals surface area contributed by atoms with Crippen molar-refractivity contribution in [1.29, 1.82) is 0 Å². The minimum Gasteiger partial charge on any atom is -0.387 e. The monoisotopic (exact) mass is 264 g/mol. The molecular weight excluding hydrogens is 248 g/mol. The minimum atomic E-state index is -0.417. The van der Waals surface area contributed by atoms with Gasteiger partial charge in [-0.25, -0.2) is 4.98 Å². The number of aliphatic hydroxyl groups excluding tert-OH is 1. The standard InChI is InChI=1S/C14H17ClN2O/c15-11-6-7-12(17-9-16-8-13(11)17)14(18)10-4-2-1-3-5-10/h6-10,14,18H,1-5H2. The van der Waals surface area contributed by atoms with E-state index in [0.717, 1.165) is 24.1 Å². The quantitative estimate of drug-likeness (QED) is 0.900. The highest BCUT2D eigenvalue weighted by Gasteiger charge is 2.25. The van der Waals surface area contributed by atoms with Gasteiger partial charge in [0.1, 0.15) is 0 Å². The second kappa shape index (κ2) is 4.90. The lowest BCUT2D eigenvalue weighted by molar-refractivity contribution is 0.0801. The Labute approximate surface area is 111 Å². The Morgan fingerprint density at radius 1 is 1.28 bits per heavy atom. The van der Waals surface area contributed by atoms with Gasteiger partial charge in [0.15, 0.2) is 0 Å². The van der Waals surface area contributed by atoms with Gasteiger partial charge in [0.05, 0.1) is 34.9 Å². The molecule has 0 aliphatic heterocycles. The molecule has 1 aliphatic carbocycles. The van der Waals surface area contributed by atoms with Crippen molar-refractivity contribution < 1.29 is 5.11 Å². The van der Waals surface area contributed by atoms with Crippen molar-refractivity contribution in [1.82, 2.24) is 9.38 Å². The van der Waals surface area contributed by atoms with Crippen molar-refractivity contribution in [3.63, 3.8) is 0 Å². The number of imidazole rings is 1. The number of aromatic nitrogens is 2. The summed E-state index contributed by atoms with van der Waals surface area (Å²) in [4.78, 5) is 4.12. The predicted octanol–water partition coefficient (Wildman–Crippen LogP) is 3.60. The molecule has 0 radical (unpaired) electrons. The van der Waals surface area contributed by atoms with Crippen molar-refractivity contribution in [3.8, 4) is 0 Å². The summed E-state index contributed by atoms with van der Waals surface area (Å²) in [5, 5.41) is 11.2. The molecular formula is C14H17ClN2O. The summed E-state index contributed by atoms with van der Waals surface area (Å²) >= 11 is 6.12. The molecule has 96 valence electrons. The molecule has 1 unspecified atom stereocenters. The summed E-state index contributed by atoms with van der Waals surface area (Å²) in [6.45, 7) is 0. The Hall–Kier alpha value is -1.06. The van der Waals surface area contributed by atoms with Gasteiger partial charge in [-0.3, -0.25) is 4.40 Å². The Bertz CT molecular complexity index is 546. The van der Waals surface area contributed by atoms with Crippen LogP contribution in [0.2, 0.25) is 5.02 Å². The van der Waals surface area contributed by atoms with Gasteiger partial charge in [-0.05, 0) is 30.9 Å². The van der Waals surface area contributed by atoms with Crippen LogP contribution in [0.4, 0.5) is 0 Å². The van der Waals surface area contributed by atoms with Gasteiger partial charge in [-0.15, -0.1) is 0 Å². The lowest BCUT2D eigenvalue weighted by Crippen LogP contribution is -2.18. The number of aliphatic hydroxyl groups is 1. The molecule has 0 amide bonds. The van der Waals surface area contributed by atoms with E-state index < -0.39 is 6.10 Å². The van der Waals surface area contributed by atoms with E-state index in [1.54, 1.807) is 12.5 Å². The van der Waals surface area contributed by atoms with Gasteiger partial charge in [0, 0.05) is 0 Å². The molecule has 1 aliphatic rings. The highest BCUT2D eigenvalue weighted by atomic mass is 35.5. The first-order valence-corrected chi connectivity index (χ1v) is 6.93. The first kappa shape index (κ1) is 12.0. The van der Waals surface area contributed by atoms with Gasteiger partial charge >= 0.3 is 0 Å². The molecule has 1 atom stereocenters. The topological polar surface area (TPSA) is 37.5 Å². The minimum absolute atomic E-state index is 0.366. The van der Waals surface area contributed by atoms with E-state index in [1.165, 1.54) is 19.3 Å². The van der Waals surface area contributed by atoms with Gasteiger partial charge in [-0.2, -0.15) is 0 Å². The van der Waals surface area contributed by atoms with E-state index >= 15 is 0 Å². The molecule has 3 nitrogen and oxygen atoms in total. The summed E-state index contributed by atoms with van der Waals surface area (Å²) < 4.78 is 1.90. The fourth-order valence-corrected chi connectivity index (χ4v) is 3.14. The van der Waals surface area contributed by atoms with Crippen molar-refractivity contribution >= 4 is 17.1 Å². The molecule has 2 heterocycles. The average molecular weight is 265 g/mol. The number of halogens is 1. The normalized spacial score (nSPS) is 19.2. The van der Waals surface area contributed by atoms with E-state index in [9.17, 15) is 5.11 Å². The third kappa shape index (κ3) is 2.02. The lowest BCUT2D eigenvalue weighted by Gasteiger charge is -2.27. The second-order valence-corrected chi connectivity index (χ2v) is 5.51. The molecule has 3 rings (SSSR count). The zero-order chi connectivity index (χ0) is 12.5. The van der Waals surface area contributed by atoms with E-state index in [4.69, 9.17) is 11.6 Å². The van der Waals surface area contributed by atoms with E-state index in [-0.39, 0.29) is 0 Å². The molecule has 0 saturated heterocycles. The molecule has 0 spiro atoms. The average Bonchev–Trinajstić information content (AvgIpc) is 2.90. The first-order valence-electron chi connectivity index (χ1n) is 6.56. The molecule has 1 N–H and O–H groups in total. The van der Waals surface area contributed by atoms with Gasteiger partial charge < -0.3 is 5.11 Å². The summed E-state index contributed by atoms with van der Waals surface area (Å²) in [6.07, 6.45) is 9.01. The van der Waals surface area contributed by atoms with Crippen molar-refractivity contribution in [2.45, 2.75) is 38.2 Å². The number of hydrogen-bond acceptors (Lipinski definition) is 2. The molecule has 0 aromatic carbocycles. The number of pyridine rings is 1. The van der Waals surface area contributed by atoms with Crippen LogP contribution in [0.15, 0.2) is 24.7 Å². The van der Waals surface area contributed by atoms with Crippen LogP contribution in [0.3, 0.4) is 0 Å². The smallest absolute Gasteiger partial charge is 0.0995 e. The SMILES string of the molecule is OC(c1ccc(Cl)c2cncn12)C1CCCCC1. The van der Waals surface area contributed by atoms with Crippen LogP contribution in [-0.2, 0) is 0 Å². The number of hydrogen-bond donors (Lipinski definition) is 1. The van der Waals surface area contributed by atoms with Crippen LogP contribution in [0.5, 0.6) is 0 Å². The Morgan fingerprint density at radius 3 is 2.83 bits per heavy atom. The Morgan fingerprint density at radius 2 is 2.06 bits per heavy atom. The van der Waals surface area contributed by atoms with Crippen LogP contribution in [0, 0.1) is 5.92 Å². The summed E-state index contributed by atoms with van der Waals surface area (Å²) in [5.41, 5.74) is 1.77. The number of rotatable bonds is 2. The van der Waals surface area contributed by atoms with E-state index in [1.807, 2.05) is 16.5 Å². The maximum atomic E-state index is 10.6. The van der Waals surface area contributed by atoms with Crippen LogP contribution in [0.1, 0.15) is 43.9 Å². The van der Waals surface area contributed by atoms with E-state index in [0.29, 0.717) is 10.9 Å². The molecule has 2 aromatic rings. The Kier molecular flexibility index (Phi) is 3.27. The zero-order valence-electron chi connectivity index (χ0n) is 10.2. The highest BCUT2D eigenvalue weighted by molar-refractivity contribution is 6.33. The molecule has 1 fully saturated rings. The fraction of sp³-hybridized carbons (Fsp3) is 0.500. The van der Waals surface area contributed by atoms with Gasteiger partial charge in [-0.1, -0.05) is 30.9 Å². The maximum absolute atomic E-state index is 10.6. The molecule has 2 aromatic heterocycles. The third-order valence-corrected chi connectivity index (χ3v) is 4.28. The second-order valence-electron chi connectivity index (χ2n) is 5.10. The summed E-state index contributed by atoms with van der Waals surface area (Å²) in [6, 6.07) is 3.76. The van der Waals surface area contributed by atoms with Crippen LogP contribution in [0.25, 0.3) is 5.52 Å². The highest BCUT2D eigenvalue weighted by Crippen LogP contribution is 2.35. The summed E-state index contributed by atoms with van der Waals surface area (Å²) in [5.74, 6) is 0.366. The largest absolute Gasteiger partial charge is 0.387 e. The van der Waals surface area contributed by atoms with E-state index in [2.05, 4.69) is 4.98 Å². The van der Waals surface area contributed by atoms with Crippen molar-refractivity contribution in [2.24, 2.45) is 5.92 Å². The zero-order valence-corrected chi connectivity index (χ0v) is 11.0. The van der Waals surface area contributed by atoms with Crippen LogP contribution in [-0.4, -0.2) is 14.5 Å².